The molecule has 1 N–H and O–H groups in total. The number of hydrogen-bond acceptors (Lipinski definition) is 5. The van der Waals surface area contributed by atoms with Gasteiger partial charge in [0.2, 0.25) is 0 Å². The Morgan fingerprint density at radius 3 is 2.81 bits per heavy atom. The zero-order valence-electron chi connectivity index (χ0n) is 18.0. The van der Waals surface area contributed by atoms with Gasteiger partial charge in [-0.15, -0.1) is 11.3 Å². The van der Waals surface area contributed by atoms with Gasteiger partial charge in [0.1, 0.15) is 11.4 Å². The number of nitrogens with zero attached hydrogens (tertiary/aromatic N) is 3. The summed E-state index contributed by atoms with van der Waals surface area (Å²) in [6, 6.07) is 14.2. The first-order chi connectivity index (χ1) is 15.1. The number of rotatable bonds is 6. The molecule has 6 nitrogen and oxygen atoms in total. The van der Waals surface area contributed by atoms with Crippen molar-refractivity contribution in [3.63, 3.8) is 0 Å². The number of carbonyl (C=O) groups is 1. The summed E-state index contributed by atoms with van der Waals surface area (Å²) in [7, 11) is 3.69. The van der Waals surface area contributed by atoms with Crippen LogP contribution in [-0.4, -0.2) is 53.4 Å². The summed E-state index contributed by atoms with van der Waals surface area (Å²) in [5.41, 5.74) is 3.08. The topological polar surface area (TPSA) is 59.4 Å². The van der Waals surface area contributed by atoms with Gasteiger partial charge in [0.05, 0.1) is 12.0 Å². The van der Waals surface area contributed by atoms with E-state index in [0.29, 0.717) is 30.0 Å². The molecule has 3 fully saturated rings. The number of aryl methyl sites for hydroxylation is 1. The summed E-state index contributed by atoms with van der Waals surface area (Å²) < 4.78 is 7.24. The summed E-state index contributed by atoms with van der Waals surface area (Å²) in [6.07, 6.45) is 2.33. The summed E-state index contributed by atoms with van der Waals surface area (Å²) in [5, 5.41) is 10.0. The van der Waals surface area contributed by atoms with Crippen molar-refractivity contribution in [2.24, 2.45) is 13.0 Å². The summed E-state index contributed by atoms with van der Waals surface area (Å²) in [4.78, 5) is 16.3. The van der Waals surface area contributed by atoms with E-state index in [9.17, 15) is 4.79 Å². The van der Waals surface area contributed by atoms with Crippen LogP contribution < -0.4 is 10.1 Å². The molecule has 0 aliphatic carbocycles. The number of nitrogens with one attached hydrogen (secondary N) is 1. The molecule has 0 saturated carbocycles. The van der Waals surface area contributed by atoms with Gasteiger partial charge in [-0.1, -0.05) is 6.07 Å². The van der Waals surface area contributed by atoms with Gasteiger partial charge in [0.25, 0.3) is 5.91 Å². The molecular weight excluding hydrogens is 408 g/mol. The van der Waals surface area contributed by atoms with Crippen molar-refractivity contribution in [3.8, 4) is 16.3 Å². The minimum atomic E-state index is -0.0194. The molecule has 3 aromatic rings. The van der Waals surface area contributed by atoms with Crippen LogP contribution in [-0.2, 0) is 7.05 Å². The number of ether oxygens (including phenoxy) is 1. The Labute approximate surface area is 186 Å². The average molecular weight is 437 g/mol. The number of amides is 1. The molecule has 0 spiro atoms. The van der Waals surface area contributed by atoms with Crippen molar-refractivity contribution < 1.29 is 9.53 Å². The highest BCUT2D eigenvalue weighted by atomic mass is 32.1. The average Bonchev–Trinajstić information content (AvgIpc) is 3.48. The van der Waals surface area contributed by atoms with Crippen LogP contribution in [0.25, 0.3) is 10.6 Å². The van der Waals surface area contributed by atoms with Crippen LogP contribution in [0.1, 0.15) is 34.8 Å². The lowest BCUT2D eigenvalue weighted by molar-refractivity contribution is 0.0280. The molecule has 31 heavy (non-hydrogen) atoms. The van der Waals surface area contributed by atoms with Crippen LogP contribution in [0.15, 0.2) is 47.8 Å². The van der Waals surface area contributed by atoms with E-state index in [1.807, 2.05) is 24.3 Å². The maximum absolute atomic E-state index is 12.6. The molecule has 3 saturated heterocycles. The van der Waals surface area contributed by atoms with Crippen molar-refractivity contribution in [2.75, 3.05) is 26.7 Å². The molecule has 1 amide bonds. The van der Waals surface area contributed by atoms with Crippen LogP contribution in [0, 0.1) is 5.92 Å². The normalized spacial score (nSPS) is 24.8. The Morgan fingerprint density at radius 1 is 1.29 bits per heavy atom. The molecule has 4 atom stereocenters. The Balaban J connectivity index is 1.23. The van der Waals surface area contributed by atoms with Crippen LogP contribution in [0.3, 0.4) is 0 Å². The highest BCUT2D eigenvalue weighted by molar-refractivity contribution is 7.13. The number of benzene rings is 1. The van der Waals surface area contributed by atoms with Crippen LogP contribution >= 0.6 is 11.3 Å². The van der Waals surface area contributed by atoms with Crippen molar-refractivity contribution in [1.29, 1.82) is 0 Å². The fourth-order valence-electron chi connectivity index (χ4n) is 5.11. The Hall–Kier alpha value is -2.64. The number of hydrogen-bond donors (Lipinski definition) is 1. The molecule has 5 heterocycles. The number of thiophene rings is 1. The van der Waals surface area contributed by atoms with Gasteiger partial charge in [0, 0.05) is 43.4 Å². The van der Waals surface area contributed by atoms with Crippen molar-refractivity contribution in [1.82, 2.24) is 20.0 Å². The first-order valence-corrected chi connectivity index (χ1v) is 11.7. The van der Waals surface area contributed by atoms with Crippen molar-refractivity contribution >= 4 is 17.2 Å². The van der Waals surface area contributed by atoms with Gasteiger partial charge in [-0.2, -0.15) is 5.10 Å². The number of fused-ring (bicyclic) bond motifs is 3. The fourth-order valence-corrected chi connectivity index (χ4v) is 5.80. The monoisotopic (exact) mass is 436 g/mol. The molecule has 3 aliphatic heterocycles. The number of methoxy groups -OCH3 is 1. The first kappa shape index (κ1) is 20.3. The second kappa shape index (κ2) is 8.48. The van der Waals surface area contributed by atoms with Crippen LogP contribution in [0.2, 0.25) is 0 Å². The molecule has 7 heteroatoms. The minimum absolute atomic E-state index is 0.0194. The minimum Gasteiger partial charge on any atom is -0.497 e. The molecule has 0 radical (unpaired) electrons. The fraction of sp³-hybridized carbons (Fsp3) is 0.417. The van der Waals surface area contributed by atoms with E-state index in [1.165, 1.54) is 17.0 Å². The summed E-state index contributed by atoms with van der Waals surface area (Å²) in [6.45, 7) is 2.84. The maximum Gasteiger partial charge on any atom is 0.251 e. The quantitative estimate of drug-likeness (QED) is 0.639. The van der Waals surface area contributed by atoms with E-state index in [0.717, 1.165) is 31.0 Å². The molecule has 1 unspecified atom stereocenters. The SMILES string of the molecule is COc1ccc(C(=O)NC[C@H]2C[C@@H]3CCN2C[C@@H]3c2cc(-c3cccs3)nn2C)cc1. The molecule has 3 aliphatic rings. The Kier molecular flexibility index (Phi) is 5.54. The lowest BCUT2D eigenvalue weighted by Crippen LogP contribution is -2.56. The van der Waals surface area contributed by atoms with Gasteiger partial charge < -0.3 is 10.1 Å². The zero-order chi connectivity index (χ0) is 21.4. The zero-order valence-corrected chi connectivity index (χ0v) is 18.8. The summed E-state index contributed by atoms with van der Waals surface area (Å²) in [5.74, 6) is 1.89. The largest absolute Gasteiger partial charge is 0.497 e. The van der Waals surface area contributed by atoms with E-state index >= 15 is 0 Å². The molecule has 1 aromatic carbocycles. The standard InChI is InChI=1S/C24H28N4O2S/c1-27-22(13-21(26-27)23-4-3-11-31-23)20-15-28-10-9-17(20)12-18(28)14-25-24(29)16-5-7-19(30-2)8-6-16/h3-8,11,13,17-18,20H,9-10,12,14-15H2,1-2H3,(H,25,29)/t17-,18+,20-/m0/s1. The number of carbonyl (C=O) groups excluding carboxylic acids is 1. The van der Waals surface area contributed by atoms with E-state index < -0.39 is 0 Å². The van der Waals surface area contributed by atoms with Crippen molar-refractivity contribution in [3.05, 3.63) is 59.1 Å². The highest BCUT2D eigenvalue weighted by Gasteiger charge is 2.41. The van der Waals surface area contributed by atoms with E-state index in [-0.39, 0.29) is 5.91 Å². The summed E-state index contributed by atoms with van der Waals surface area (Å²) >= 11 is 1.74. The number of aromatic nitrogens is 2. The van der Waals surface area contributed by atoms with Gasteiger partial charge in [-0.25, -0.2) is 0 Å². The number of piperidine rings is 3. The van der Waals surface area contributed by atoms with Gasteiger partial charge in [-0.3, -0.25) is 14.4 Å². The smallest absolute Gasteiger partial charge is 0.251 e. The highest BCUT2D eigenvalue weighted by Crippen LogP contribution is 2.42. The molecule has 6 rings (SSSR count). The third-order valence-corrected chi connectivity index (χ3v) is 7.69. The lowest BCUT2D eigenvalue weighted by atomic mass is 9.74. The molecule has 162 valence electrons. The van der Waals surface area contributed by atoms with Crippen molar-refractivity contribution in [2.45, 2.75) is 24.8 Å². The van der Waals surface area contributed by atoms with E-state index in [2.05, 4.69) is 45.5 Å². The van der Waals surface area contributed by atoms with Gasteiger partial charge >= 0.3 is 0 Å². The Bertz CT molecular complexity index is 1040. The molecular formula is C24H28N4O2S. The molecule has 2 bridgehead atoms. The second-order valence-corrected chi connectivity index (χ2v) is 9.48. The van der Waals surface area contributed by atoms with E-state index in [1.54, 1.807) is 18.4 Å². The third-order valence-electron chi connectivity index (χ3n) is 6.80. The van der Waals surface area contributed by atoms with Crippen LogP contribution in [0.4, 0.5) is 0 Å². The maximum atomic E-state index is 12.6. The predicted molar refractivity (Wildman–Crippen MR) is 123 cm³/mol. The Morgan fingerprint density at radius 2 is 2.13 bits per heavy atom. The lowest BCUT2D eigenvalue weighted by Gasteiger charge is -2.50. The molecule has 2 aromatic heterocycles. The third kappa shape index (κ3) is 4.00. The van der Waals surface area contributed by atoms with E-state index in [4.69, 9.17) is 9.84 Å². The van der Waals surface area contributed by atoms with Gasteiger partial charge in [-0.05, 0) is 67.1 Å². The predicted octanol–water partition coefficient (Wildman–Crippen LogP) is 3.77. The van der Waals surface area contributed by atoms with Gasteiger partial charge in [0.15, 0.2) is 0 Å². The van der Waals surface area contributed by atoms with Crippen LogP contribution in [0.5, 0.6) is 5.75 Å². The first-order valence-electron chi connectivity index (χ1n) is 10.9. The second-order valence-electron chi connectivity index (χ2n) is 8.53.